The van der Waals surface area contributed by atoms with Gasteiger partial charge in [-0.2, -0.15) is 0 Å². The van der Waals surface area contributed by atoms with Gasteiger partial charge < -0.3 is 5.32 Å². The second-order valence-corrected chi connectivity index (χ2v) is 3.20. The maximum Gasteiger partial charge on any atom is 0.123 e. The molecule has 0 spiro atoms. The molecule has 0 saturated carbocycles. The number of hydrogen-bond donors (Lipinski definition) is 1. The molecule has 1 heterocycles. The van der Waals surface area contributed by atoms with Crippen LogP contribution in [0, 0.1) is 5.82 Å². The van der Waals surface area contributed by atoms with E-state index in [1.165, 1.54) is 30.5 Å². The molecule has 0 radical (unpaired) electrons. The van der Waals surface area contributed by atoms with Gasteiger partial charge in [-0.3, -0.25) is 0 Å². The van der Waals surface area contributed by atoms with Crippen LogP contribution in [0.3, 0.4) is 0 Å². The van der Waals surface area contributed by atoms with E-state index in [1.54, 1.807) is 0 Å². The van der Waals surface area contributed by atoms with Gasteiger partial charge in [-0.1, -0.05) is 12.1 Å². The molecule has 0 aliphatic carbocycles. The van der Waals surface area contributed by atoms with Crippen LogP contribution in [-0.2, 0) is 0 Å². The van der Waals surface area contributed by atoms with Gasteiger partial charge in [-0.05, 0) is 37.1 Å². The van der Waals surface area contributed by atoms with Gasteiger partial charge in [0, 0.05) is 6.04 Å². The summed E-state index contributed by atoms with van der Waals surface area (Å²) in [6, 6.07) is 7.21. The van der Waals surface area contributed by atoms with Crippen LogP contribution in [0.2, 0.25) is 0 Å². The van der Waals surface area contributed by atoms with E-state index in [0.29, 0.717) is 6.04 Å². The van der Waals surface area contributed by atoms with Crippen LogP contribution in [0.4, 0.5) is 4.39 Å². The van der Waals surface area contributed by atoms with Gasteiger partial charge >= 0.3 is 0 Å². The van der Waals surface area contributed by atoms with Crippen molar-refractivity contribution in [2.24, 2.45) is 0 Å². The molecule has 12 heavy (non-hydrogen) atoms. The highest BCUT2D eigenvalue weighted by atomic mass is 19.1. The van der Waals surface area contributed by atoms with E-state index < -0.39 is 0 Å². The number of benzene rings is 1. The zero-order chi connectivity index (χ0) is 8.39. The van der Waals surface area contributed by atoms with Crippen molar-refractivity contribution in [1.29, 1.82) is 0 Å². The average molecular weight is 165 g/mol. The zero-order valence-electron chi connectivity index (χ0n) is 6.89. The van der Waals surface area contributed by atoms with Gasteiger partial charge in [0.05, 0.1) is 0 Å². The Balaban J connectivity index is 2.17. The summed E-state index contributed by atoms with van der Waals surface area (Å²) in [4.78, 5) is 0. The molecule has 1 nitrogen and oxygen atoms in total. The van der Waals surface area contributed by atoms with E-state index >= 15 is 0 Å². The molecule has 2 rings (SSSR count). The summed E-state index contributed by atoms with van der Waals surface area (Å²) in [5.41, 5.74) is 1.20. The summed E-state index contributed by atoms with van der Waals surface area (Å²) in [7, 11) is 0. The van der Waals surface area contributed by atoms with Gasteiger partial charge in [0.1, 0.15) is 5.82 Å². The van der Waals surface area contributed by atoms with Crippen LogP contribution in [0.15, 0.2) is 24.3 Å². The Morgan fingerprint density at radius 2 is 2.00 bits per heavy atom. The predicted molar refractivity (Wildman–Crippen MR) is 46.4 cm³/mol. The molecule has 1 saturated heterocycles. The van der Waals surface area contributed by atoms with Crippen molar-refractivity contribution in [3.8, 4) is 0 Å². The largest absolute Gasteiger partial charge is 0.310 e. The molecule has 0 amide bonds. The standard InChI is InChI=1S/C10H12FN/c11-9-5-3-8(4-6-9)10-2-1-7-12-10/h3-6,10,12H,1-2,7H2/t10-/m0/s1. The topological polar surface area (TPSA) is 12.0 Å². The molecular formula is C10H12FN. The highest BCUT2D eigenvalue weighted by Gasteiger charge is 2.15. The Hall–Kier alpha value is -0.890. The van der Waals surface area contributed by atoms with Crippen molar-refractivity contribution in [1.82, 2.24) is 5.32 Å². The average Bonchev–Trinajstić information content (AvgIpc) is 2.58. The third-order valence-corrected chi connectivity index (χ3v) is 2.33. The van der Waals surface area contributed by atoms with E-state index in [2.05, 4.69) is 5.32 Å². The van der Waals surface area contributed by atoms with Crippen LogP contribution in [-0.4, -0.2) is 6.54 Å². The Labute approximate surface area is 71.6 Å². The minimum absolute atomic E-state index is 0.156. The quantitative estimate of drug-likeness (QED) is 0.673. The lowest BCUT2D eigenvalue weighted by Gasteiger charge is -2.09. The highest BCUT2D eigenvalue weighted by Crippen LogP contribution is 2.22. The number of rotatable bonds is 1. The molecule has 0 unspecified atom stereocenters. The molecule has 0 aromatic heterocycles. The molecule has 1 N–H and O–H groups in total. The van der Waals surface area contributed by atoms with E-state index in [4.69, 9.17) is 0 Å². The van der Waals surface area contributed by atoms with Crippen molar-refractivity contribution >= 4 is 0 Å². The maximum atomic E-state index is 12.6. The lowest BCUT2D eigenvalue weighted by Crippen LogP contribution is -2.12. The molecule has 1 aliphatic rings. The first kappa shape index (κ1) is 7.74. The van der Waals surface area contributed by atoms with Crippen LogP contribution in [0.1, 0.15) is 24.4 Å². The lowest BCUT2D eigenvalue weighted by molar-refractivity contribution is 0.617. The molecule has 0 bridgehead atoms. The zero-order valence-corrected chi connectivity index (χ0v) is 6.89. The van der Waals surface area contributed by atoms with Crippen LogP contribution >= 0.6 is 0 Å². The second-order valence-electron chi connectivity index (χ2n) is 3.20. The minimum Gasteiger partial charge on any atom is -0.310 e. The molecule has 1 fully saturated rings. The van der Waals surface area contributed by atoms with Gasteiger partial charge in [0.15, 0.2) is 0 Å². The maximum absolute atomic E-state index is 12.6. The van der Waals surface area contributed by atoms with Crippen molar-refractivity contribution in [3.63, 3.8) is 0 Å². The molecule has 64 valence electrons. The summed E-state index contributed by atoms with van der Waals surface area (Å²) in [6.45, 7) is 1.09. The highest BCUT2D eigenvalue weighted by molar-refractivity contribution is 5.20. The third kappa shape index (κ3) is 1.48. The lowest BCUT2D eigenvalue weighted by atomic mass is 10.1. The summed E-state index contributed by atoms with van der Waals surface area (Å²) >= 11 is 0. The van der Waals surface area contributed by atoms with Crippen LogP contribution in [0.25, 0.3) is 0 Å². The number of hydrogen-bond acceptors (Lipinski definition) is 1. The molecule has 2 heteroatoms. The molecule has 1 aromatic rings. The van der Waals surface area contributed by atoms with Crippen molar-refractivity contribution in [3.05, 3.63) is 35.6 Å². The van der Waals surface area contributed by atoms with Gasteiger partial charge in [0.2, 0.25) is 0 Å². The normalized spacial score (nSPS) is 22.9. The van der Waals surface area contributed by atoms with Crippen molar-refractivity contribution in [2.45, 2.75) is 18.9 Å². The first-order chi connectivity index (χ1) is 5.86. The molecule has 1 aliphatic heterocycles. The first-order valence-corrected chi connectivity index (χ1v) is 4.35. The van der Waals surface area contributed by atoms with E-state index in [1.807, 2.05) is 12.1 Å². The fourth-order valence-electron chi connectivity index (χ4n) is 1.66. The second kappa shape index (κ2) is 3.23. The minimum atomic E-state index is -0.156. The molecule has 1 atom stereocenters. The van der Waals surface area contributed by atoms with E-state index in [9.17, 15) is 4.39 Å². The van der Waals surface area contributed by atoms with Gasteiger partial charge in [0.25, 0.3) is 0 Å². The summed E-state index contributed by atoms with van der Waals surface area (Å²) in [5.74, 6) is -0.156. The fourth-order valence-corrected chi connectivity index (χ4v) is 1.66. The SMILES string of the molecule is Fc1ccc([C@@H]2CCCN2)cc1. The monoisotopic (exact) mass is 165 g/mol. The third-order valence-electron chi connectivity index (χ3n) is 2.33. The van der Waals surface area contributed by atoms with Gasteiger partial charge in [-0.15, -0.1) is 0 Å². The number of halogens is 1. The van der Waals surface area contributed by atoms with E-state index in [0.717, 1.165) is 6.54 Å². The van der Waals surface area contributed by atoms with Crippen molar-refractivity contribution in [2.75, 3.05) is 6.54 Å². The van der Waals surface area contributed by atoms with Crippen LogP contribution < -0.4 is 5.32 Å². The summed E-state index contributed by atoms with van der Waals surface area (Å²) < 4.78 is 12.6. The Morgan fingerprint density at radius 3 is 2.58 bits per heavy atom. The summed E-state index contributed by atoms with van der Waals surface area (Å²) in [6.07, 6.45) is 2.40. The van der Waals surface area contributed by atoms with Crippen LogP contribution in [0.5, 0.6) is 0 Å². The number of nitrogens with one attached hydrogen (secondary N) is 1. The smallest absolute Gasteiger partial charge is 0.123 e. The Kier molecular flexibility index (Phi) is 2.09. The molecular weight excluding hydrogens is 153 g/mol. The van der Waals surface area contributed by atoms with E-state index in [-0.39, 0.29) is 5.82 Å². The molecule has 1 aromatic carbocycles. The predicted octanol–water partition coefficient (Wildman–Crippen LogP) is 2.25. The Bertz CT molecular complexity index is 249. The van der Waals surface area contributed by atoms with Crippen molar-refractivity contribution < 1.29 is 4.39 Å². The first-order valence-electron chi connectivity index (χ1n) is 4.35. The van der Waals surface area contributed by atoms with Gasteiger partial charge in [-0.25, -0.2) is 4.39 Å². The summed E-state index contributed by atoms with van der Waals surface area (Å²) in [5, 5.41) is 3.37. The Morgan fingerprint density at radius 1 is 1.25 bits per heavy atom. The fraction of sp³-hybridized carbons (Fsp3) is 0.400.